The summed E-state index contributed by atoms with van der Waals surface area (Å²) < 4.78 is 4.65. The first kappa shape index (κ1) is 15.3. The van der Waals surface area contributed by atoms with Crippen molar-refractivity contribution in [3.63, 3.8) is 0 Å². The molecule has 0 saturated carbocycles. The Kier molecular flexibility index (Phi) is 4.14. The Morgan fingerprint density at radius 1 is 1.30 bits per heavy atom. The van der Waals surface area contributed by atoms with Gasteiger partial charge in [-0.3, -0.25) is 4.79 Å². The van der Waals surface area contributed by atoms with Crippen LogP contribution in [0.15, 0.2) is 24.3 Å². The summed E-state index contributed by atoms with van der Waals surface area (Å²) in [7, 11) is 1.34. The fraction of sp³-hybridized carbons (Fsp3) is 0.353. The molecule has 23 heavy (non-hydrogen) atoms. The summed E-state index contributed by atoms with van der Waals surface area (Å²) >= 11 is 0. The Morgan fingerprint density at radius 3 is 2.74 bits per heavy atom. The zero-order chi connectivity index (χ0) is 16.4. The van der Waals surface area contributed by atoms with Crippen molar-refractivity contribution in [1.29, 1.82) is 0 Å². The van der Waals surface area contributed by atoms with Gasteiger partial charge in [0, 0.05) is 23.7 Å². The van der Waals surface area contributed by atoms with Crippen LogP contribution in [0.5, 0.6) is 0 Å². The number of nitrogens with one attached hydrogen (secondary N) is 2. The second-order valence-corrected chi connectivity index (χ2v) is 5.75. The molecule has 2 N–H and O–H groups in total. The van der Waals surface area contributed by atoms with Gasteiger partial charge in [0.1, 0.15) is 5.82 Å². The smallest absolute Gasteiger partial charge is 0.337 e. The lowest BCUT2D eigenvalue weighted by Crippen LogP contribution is -2.28. The number of amides is 1. The fourth-order valence-corrected chi connectivity index (χ4v) is 2.90. The summed E-state index contributed by atoms with van der Waals surface area (Å²) in [5, 5.41) is 2.91. The number of carbonyl (C=O) groups is 2. The third-order valence-corrected chi connectivity index (χ3v) is 4.11. The topological polar surface area (TPSA) is 84.1 Å². The molecule has 3 rings (SSSR count). The maximum atomic E-state index is 12.4. The molecule has 1 aromatic carbocycles. The number of ether oxygens (including phenoxy) is 1. The van der Waals surface area contributed by atoms with Crippen molar-refractivity contribution in [2.45, 2.75) is 26.2 Å². The molecule has 0 saturated heterocycles. The molecule has 2 aromatic rings. The molecule has 1 aromatic heterocycles. The molecule has 1 unspecified atom stereocenters. The van der Waals surface area contributed by atoms with Gasteiger partial charge in [-0.15, -0.1) is 0 Å². The Balaban J connectivity index is 1.64. The van der Waals surface area contributed by atoms with Crippen molar-refractivity contribution in [3.8, 4) is 0 Å². The third-order valence-electron chi connectivity index (χ3n) is 4.11. The maximum absolute atomic E-state index is 12.4. The van der Waals surface area contributed by atoms with Crippen LogP contribution in [0.2, 0.25) is 0 Å². The van der Waals surface area contributed by atoms with E-state index >= 15 is 0 Å². The standard InChI is InChI=1S/C17H19N3O3/c1-10-18-14-8-5-12(9-15(14)19-10)16(21)20-13-6-3-11(4-7-13)17(22)23-2/h3-4,6-7,12H,5,8-9H2,1-2H3,(H,18,19)(H,20,21). The zero-order valence-electron chi connectivity index (χ0n) is 13.2. The number of aromatic nitrogens is 2. The number of benzene rings is 1. The van der Waals surface area contributed by atoms with Gasteiger partial charge in [0.15, 0.2) is 0 Å². The number of esters is 1. The van der Waals surface area contributed by atoms with Crippen molar-refractivity contribution >= 4 is 17.6 Å². The molecular weight excluding hydrogens is 294 g/mol. The molecule has 1 heterocycles. The second kappa shape index (κ2) is 6.24. The van der Waals surface area contributed by atoms with Gasteiger partial charge in [-0.25, -0.2) is 9.78 Å². The van der Waals surface area contributed by atoms with E-state index in [4.69, 9.17) is 0 Å². The van der Waals surface area contributed by atoms with E-state index < -0.39 is 5.97 Å². The van der Waals surface area contributed by atoms with E-state index in [0.717, 1.165) is 30.1 Å². The van der Waals surface area contributed by atoms with Crippen molar-refractivity contribution < 1.29 is 14.3 Å². The SMILES string of the molecule is COC(=O)c1ccc(NC(=O)C2CCc3nc(C)[nH]c3C2)cc1. The van der Waals surface area contributed by atoms with Gasteiger partial charge < -0.3 is 15.0 Å². The number of aryl methyl sites for hydroxylation is 2. The minimum atomic E-state index is -0.391. The van der Waals surface area contributed by atoms with Crippen molar-refractivity contribution in [2.24, 2.45) is 5.92 Å². The van der Waals surface area contributed by atoms with Crippen LogP contribution in [0.3, 0.4) is 0 Å². The third kappa shape index (κ3) is 3.26. The highest BCUT2D eigenvalue weighted by atomic mass is 16.5. The molecule has 1 amide bonds. The predicted octanol–water partition coefficient (Wildman–Crippen LogP) is 2.25. The minimum Gasteiger partial charge on any atom is -0.465 e. The number of carbonyl (C=O) groups excluding carboxylic acids is 2. The van der Waals surface area contributed by atoms with Gasteiger partial charge in [0.25, 0.3) is 0 Å². The highest BCUT2D eigenvalue weighted by Crippen LogP contribution is 2.25. The van der Waals surface area contributed by atoms with Gasteiger partial charge >= 0.3 is 5.97 Å². The van der Waals surface area contributed by atoms with Crippen LogP contribution in [0, 0.1) is 12.8 Å². The number of imidazole rings is 1. The molecule has 1 aliphatic rings. The number of anilines is 1. The molecule has 1 atom stereocenters. The van der Waals surface area contributed by atoms with E-state index in [-0.39, 0.29) is 11.8 Å². The van der Waals surface area contributed by atoms with E-state index in [0.29, 0.717) is 17.7 Å². The maximum Gasteiger partial charge on any atom is 0.337 e. The molecule has 1 aliphatic carbocycles. The van der Waals surface area contributed by atoms with Crippen LogP contribution in [0.1, 0.15) is 34.0 Å². The van der Waals surface area contributed by atoms with Gasteiger partial charge in [0.05, 0.1) is 18.4 Å². The second-order valence-electron chi connectivity index (χ2n) is 5.75. The summed E-state index contributed by atoms with van der Waals surface area (Å²) in [6.45, 7) is 1.93. The number of fused-ring (bicyclic) bond motifs is 1. The molecule has 0 radical (unpaired) electrons. The van der Waals surface area contributed by atoms with Gasteiger partial charge in [-0.1, -0.05) is 0 Å². The van der Waals surface area contributed by atoms with Crippen LogP contribution in [0.25, 0.3) is 0 Å². The average Bonchev–Trinajstić information content (AvgIpc) is 2.93. The normalized spacial score (nSPS) is 16.5. The van der Waals surface area contributed by atoms with Crippen LogP contribution < -0.4 is 5.32 Å². The summed E-state index contributed by atoms with van der Waals surface area (Å²) in [5.41, 5.74) is 3.28. The summed E-state index contributed by atoms with van der Waals surface area (Å²) in [4.78, 5) is 31.5. The monoisotopic (exact) mass is 313 g/mol. The van der Waals surface area contributed by atoms with Crippen molar-refractivity contribution in [1.82, 2.24) is 9.97 Å². The Hall–Kier alpha value is -2.63. The van der Waals surface area contributed by atoms with Crippen molar-refractivity contribution in [3.05, 3.63) is 47.0 Å². The van der Waals surface area contributed by atoms with E-state index in [1.54, 1.807) is 24.3 Å². The van der Waals surface area contributed by atoms with Gasteiger partial charge in [-0.2, -0.15) is 0 Å². The highest BCUT2D eigenvalue weighted by Gasteiger charge is 2.26. The molecule has 0 fully saturated rings. The van der Waals surface area contributed by atoms with Gasteiger partial charge in [0.2, 0.25) is 5.91 Å². The van der Waals surface area contributed by atoms with Crippen LogP contribution in [0.4, 0.5) is 5.69 Å². The number of H-pyrrole nitrogens is 1. The molecule has 6 nitrogen and oxygen atoms in total. The number of methoxy groups -OCH3 is 1. The lowest BCUT2D eigenvalue weighted by Gasteiger charge is -2.20. The summed E-state index contributed by atoms with van der Waals surface area (Å²) in [6.07, 6.45) is 2.30. The van der Waals surface area contributed by atoms with Crippen LogP contribution >= 0.6 is 0 Å². The van der Waals surface area contributed by atoms with E-state index in [2.05, 4.69) is 20.0 Å². The first-order chi connectivity index (χ1) is 11.1. The first-order valence-electron chi connectivity index (χ1n) is 7.60. The summed E-state index contributed by atoms with van der Waals surface area (Å²) in [6, 6.07) is 6.69. The first-order valence-corrected chi connectivity index (χ1v) is 7.60. The molecule has 6 heteroatoms. The van der Waals surface area contributed by atoms with E-state index in [9.17, 15) is 9.59 Å². The van der Waals surface area contributed by atoms with E-state index in [1.807, 2.05) is 6.92 Å². The largest absolute Gasteiger partial charge is 0.465 e. The number of rotatable bonds is 3. The van der Waals surface area contributed by atoms with Gasteiger partial charge in [-0.05, 0) is 44.0 Å². The lowest BCUT2D eigenvalue weighted by molar-refractivity contribution is -0.120. The minimum absolute atomic E-state index is 0.00581. The number of hydrogen-bond donors (Lipinski definition) is 2. The van der Waals surface area contributed by atoms with Crippen molar-refractivity contribution in [2.75, 3.05) is 12.4 Å². The number of aromatic amines is 1. The van der Waals surface area contributed by atoms with Crippen LogP contribution in [-0.4, -0.2) is 29.0 Å². The Labute approximate surface area is 134 Å². The Morgan fingerprint density at radius 2 is 2.04 bits per heavy atom. The quantitative estimate of drug-likeness (QED) is 0.851. The zero-order valence-corrected chi connectivity index (χ0v) is 13.2. The number of hydrogen-bond acceptors (Lipinski definition) is 4. The lowest BCUT2D eigenvalue weighted by atomic mass is 9.89. The number of nitrogens with zero attached hydrogens (tertiary/aromatic N) is 1. The van der Waals surface area contributed by atoms with E-state index in [1.165, 1.54) is 7.11 Å². The molecule has 0 aliphatic heterocycles. The fourth-order valence-electron chi connectivity index (χ4n) is 2.90. The highest BCUT2D eigenvalue weighted by molar-refractivity contribution is 5.94. The predicted molar refractivity (Wildman–Crippen MR) is 85.3 cm³/mol. The molecule has 0 spiro atoms. The molecular formula is C17H19N3O3. The summed E-state index contributed by atoms with van der Waals surface area (Å²) in [5.74, 6) is 0.433. The molecule has 0 bridgehead atoms. The van der Waals surface area contributed by atoms with Crippen LogP contribution in [-0.2, 0) is 22.4 Å². The Bertz CT molecular complexity index is 734. The molecule has 120 valence electrons. The average molecular weight is 313 g/mol.